The van der Waals surface area contributed by atoms with Crippen LogP contribution in [0.3, 0.4) is 0 Å². The molecule has 0 unspecified atom stereocenters. The van der Waals surface area contributed by atoms with Crippen LogP contribution in [0.4, 0.5) is 4.39 Å². The van der Waals surface area contributed by atoms with E-state index in [1.807, 2.05) is 38.1 Å². The third-order valence-electron chi connectivity index (χ3n) is 2.88. The quantitative estimate of drug-likeness (QED) is 0.840. The molecule has 0 heterocycles. The van der Waals surface area contributed by atoms with Gasteiger partial charge in [0, 0.05) is 12.1 Å². The van der Waals surface area contributed by atoms with Gasteiger partial charge in [-0.1, -0.05) is 23.8 Å². The number of aryl methyl sites for hydroxylation is 2. The molecule has 104 valence electrons. The monoisotopic (exact) mass is 272 g/mol. The van der Waals surface area contributed by atoms with Gasteiger partial charge in [0.25, 0.3) is 5.91 Å². The van der Waals surface area contributed by atoms with Gasteiger partial charge in [-0.15, -0.1) is 0 Å². The Kier molecular flexibility index (Phi) is 4.48. The van der Waals surface area contributed by atoms with Gasteiger partial charge in [-0.3, -0.25) is 10.2 Å². The van der Waals surface area contributed by atoms with Crippen molar-refractivity contribution in [1.29, 1.82) is 0 Å². The summed E-state index contributed by atoms with van der Waals surface area (Å²) in [7, 11) is 0. The van der Waals surface area contributed by atoms with Gasteiger partial charge in [-0.25, -0.2) is 9.82 Å². The number of halogens is 1. The molecule has 1 amide bonds. The van der Waals surface area contributed by atoms with Crippen LogP contribution in [0.1, 0.15) is 27.0 Å². The summed E-state index contributed by atoms with van der Waals surface area (Å²) < 4.78 is 13.2. The molecule has 3 nitrogen and oxygen atoms in total. The highest BCUT2D eigenvalue weighted by Gasteiger charge is 2.04. The number of hydrazine groups is 1. The number of rotatable bonds is 4. The largest absolute Gasteiger partial charge is 0.287 e. The van der Waals surface area contributed by atoms with E-state index in [0.29, 0.717) is 12.1 Å². The molecule has 0 aliphatic carbocycles. The molecule has 0 radical (unpaired) electrons. The Hall–Kier alpha value is -2.20. The molecule has 0 bridgehead atoms. The second kappa shape index (κ2) is 6.30. The highest BCUT2D eigenvalue weighted by Crippen LogP contribution is 2.08. The predicted octanol–water partition coefficient (Wildman–Crippen LogP) is 2.88. The highest BCUT2D eigenvalue weighted by atomic mass is 19.1. The summed E-state index contributed by atoms with van der Waals surface area (Å²) >= 11 is 0. The first-order chi connectivity index (χ1) is 9.54. The Labute approximate surface area is 117 Å². The van der Waals surface area contributed by atoms with Gasteiger partial charge in [-0.05, 0) is 49.2 Å². The Morgan fingerprint density at radius 2 is 1.90 bits per heavy atom. The Morgan fingerprint density at radius 1 is 1.10 bits per heavy atom. The molecular formula is C16H17FN2O. The van der Waals surface area contributed by atoms with Crippen LogP contribution in [0.15, 0.2) is 42.5 Å². The fourth-order valence-corrected chi connectivity index (χ4v) is 2.00. The van der Waals surface area contributed by atoms with E-state index in [0.717, 1.165) is 16.7 Å². The molecule has 0 aromatic heterocycles. The zero-order valence-corrected chi connectivity index (χ0v) is 11.5. The summed E-state index contributed by atoms with van der Waals surface area (Å²) in [5.41, 5.74) is 8.66. The molecule has 2 rings (SSSR count). The number of nitrogens with one attached hydrogen (secondary N) is 2. The van der Waals surface area contributed by atoms with Crippen molar-refractivity contribution in [2.45, 2.75) is 20.4 Å². The highest BCUT2D eigenvalue weighted by molar-refractivity contribution is 5.93. The summed E-state index contributed by atoms with van der Waals surface area (Å²) in [6.45, 7) is 4.13. The minimum absolute atomic E-state index is 0.207. The van der Waals surface area contributed by atoms with E-state index in [9.17, 15) is 9.18 Å². The lowest BCUT2D eigenvalue weighted by Crippen LogP contribution is -2.36. The summed E-state index contributed by atoms with van der Waals surface area (Å²) in [6, 6.07) is 12.1. The van der Waals surface area contributed by atoms with Crippen molar-refractivity contribution in [1.82, 2.24) is 10.9 Å². The summed E-state index contributed by atoms with van der Waals surface area (Å²) in [5.74, 6) is -0.478. The normalized spacial score (nSPS) is 10.3. The molecule has 0 aliphatic heterocycles. The van der Waals surface area contributed by atoms with Crippen LogP contribution >= 0.6 is 0 Å². The maximum atomic E-state index is 13.2. The number of carbonyl (C=O) groups excluding carboxylic acids is 1. The third-order valence-corrected chi connectivity index (χ3v) is 2.88. The van der Waals surface area contributed by atoms with Crippen molar-refractivity contribution in [3.63, 3.8) is 0 Å². The molecule has 4 heteroatoms. The topological polar surface area (TPSA) is 41.1 Å². The molecule has 0 saturated heterocycles. The minimum atomic E-state index is -0.271. The first-order valence-electron chi connectivity index (χ1n) is 6.40. The van der Waals surface area contributed by atoms with E-state index in [1.54, 1.807) is 6.07 Å². The van der Waals surface area contributed by atoms with Crippen molar-refractivity contribution >= 4 is 5.91 Å². The lowest BCUT2D eigenvalue weighted by molar-refractivity contribution is 0.0932. The zero-order valence-electron chi connectivity index (χ0n) is 11.5. The molecule has 2 aromatic carbocycles. The van der Waals surface area contributed by atoms with Crippen molar-refractivity contribution in [2.75, 3.05) is 0 Å². The van der Waals surface area contributed by atoms with Crippen LogP contribution < -0.4 is 10.9 Å². The van der Waals surface area contributed by atoms with Gasteiger partial charge in [0.05, 0.1) is 0 Å². The maximum absolute atomic E-state index is 13.2. The fraction of sp³-hybridized carbons (Fsp3) is 0.188. The number of benzene rings is 2. The summed E-state index contributed by atoms with van der Waals surface area (Å²) in [4.78, 5) is 11.9. The molecule has 2 aromatic rings. The van der Waals surface area contributed by atoms with Gasteiger partial charge >= 0.3 is 0 Å². The van der Waals surface area contributed by atoms with Crippen LogP contribution in [0, 0.1) is 19.7 Å². The Balaban J connectivity index is 1.91. The smallest absolute Gasteiger partial charge is 0.265 e. The molecule has 0 aliphatic rings. The first-order valence-corrected chi connectivity index (χ1v) is 6.40. The van der Waals surface area contributed by atoms with E-state index in [1.165, 1.54) is 12.1 Å². The molecule has 0 atom stereocenters. The first kappa shape index (κ1) is 14.2. The Bertz CT molecular complexity index is 605. The zero-order chi connectivity index (χ0) is 14.5. The molecule has 0 saturated carbocycles. The predicted molar refractivity (Wildman–Crippen MR) is 76.6 cm³/mol. The molecule has 0 fully saturated rings. The van der Waals surface area contributed by atoms with E-state index >= 15 is 0 Å². The lowest BCUT2D eigenvalue weighted by atomic mass is 10.1. The van der Waals surface area contributed by atoms with Crippen molar-refractivity contribution in [2.24, 2.45) is 0 Å². The minimum Gasteiger partial charge on any atom is -0.287 e. The maximum Gasteiger partial charge on any atom is 0.265 e. The van der Waals surface area contributed by atoms with E-state index < -0.39 is 0 Å². The van der Waals surface area contributed by atoms with E-state index in [4.69, 9.17) is 0 Å². The number of carbonyl (C=O) groups is 1. The van der Waals surface area contributed by atoms with Gasteiger partial charge in [0.2, 0.25) is 0 Å². The summed E-state index contributed by atoms with van der Waals surface area (Å²) in [5, 5.41) is 0. The third kappa shape index (κ3) is 3.90. The van der Waals surface area contributed by atoms with Gasteiger partial charge < -0.3 is 0 Å². The molecular weight excluding hydrogens is 255 g/mol. The molecule has 0 spiro atoms. The lowest BCUT2D eigenvalue weighted by Gasteiger charge is -2.08. The van der Waals surface area contributed by atoms with Crippen LogP contribution in [-0.2, 0) is 6.54 Å². The standard InChI is InChI=1S/C16H17FN2O/c1-11-4-3-5-14(7-11)16(20)19-18-10-13-6-12(2)8-15(17)9-13/h3-9,18H,10H2,1-2H3,(H,19,20). The number of hydrogen-bond acceptors (Lipinski definition) is 2. The van der Waals surface area contributed by atoms with Gasteiger partial charge in [0.15, 0.2) is 0 Å². The number of amides is 1. The van der Waals surface area contributed by atoms with Gasteiger partial charge in [-0.2, -0.15) is 0 Å². The average Bonchev–Trinajstić information content (AvgIpc) is 2.37. The van der Waals surface area contributed by atoms with Crippen LogP contribution in [0.5, 0.6) is 0 Å². The SMILES string of the molecule is Cc1cc(F)cc(CNNC(=O)c2cccc(C)c2)c1. The summed E-state index contributed by atoms with van der Waals surface area (Å²) in [6.07, 6.45) is 0. The van der Waals surface area contributed by atoms with Crippen LogP contribution in [0.25, 0.3) is 0 Å². The van der Waals surface area contributed by atoms with E-state index in [2.05, 4.69) is 10.9 Å². The van der Waals surface area contributed by atoms with Crippen LogP contribution in [0.2, 0.25) is 0 Å². The second-order valence-electron chi connectivity index (χ2n) is 4.81. The van der Waals surface area contributed by atoms with Gasteiger partial charge in [0.1, 0.15) is 5.82 Å². The fourth-order valence-electron chi connectivity index (χ4n) is 2.00. The number of hydrogen-bond donors (Lipinski definition) is 2. The molecule has 20 heavy (non-hydrogen) atoms. The Morgan fingerprint density at radius 3 is 2.60 bits per heavy atom. The average molecular weight is 272 g/mol. The van der Waals surface area contributed by atoms with Crippen molar-refractivity contribution in [3.8, 4) is 0 Å². The second-order valence-corrected chi connectivity index (χ2v) is 4.81. The van der Waals surface area contributed by atoms with Crippen molar-refractivity contribution < 1.29 is 9.18 Å². The van der Waals surface area contributed by atoms with Crippen LogP contribution in [-0.4, -0.2) is 5.91 Å². The molecule has 2 N–H and O–H groups in total. The van der Waals surface area contributed by atoms with E-state index in [-0.39, 0.29) is 11.7 Å². The van der Waals surface area contributed by atoms with Crippen molar-refractivity contribution in [3.05, 3.63) is 70.5 Å².